The van der Waals surface area contributed by atoms with Crippen molar-refractivity contribution in [2.45, 2.75) is 6.92 Å². The van der Waals surface area contributed by atoms with Crippen molar-refractivity contribution in [2.75, 3.05) is 18.6 Å². The van der Waals surface area contributed by atoms with Gasteiger partial charge in [0.2, 0.25) is 0 Å². The van der Waals surface area contributed by atoms with E-state index in [9.17, 15) is 14.0 Å². The molecular formula is C14H13FN2O3S. The van der Waals surface area contributed by atoms with Crippen LogP contribution in [0.3, 0.4) is 0 Å². The molecule has 0 saturated carbocycles. The maximum absolute atomic E-state index is 13.0. The lowest BCUT2D eigenvalue weighted by Gasteiger charge is -2.15. The van der Waals surface area contributed by atoms with Crippen molar-refractivity contribution < 1.29 is 18.7 Å². The average Bonchev–Trinajstić information content (AvgIpc) is 2.77. The number of esters is 1. The topological polar surface area (TPSA) is 59.0 Å². The smallest absolute Gasteiger partial charge is 0.331 e. The third-order valence-corrected chi connectivity index (χ3v) is 3.64. The van der Waals surface area contributed by atoms with Crippen molar-refractivity contribution in [3.8, 4) is 0 Å². The molecule has 1 fully saturated rings. The molecule has 1 aliphatic rings. The highest BCUT2D eigenvalue weighted by Crippen LogP contribution is 2.34. The van der Waals surface area contributed by atoms with Gasteiger partial charge in [0.05, 0.1) is 17.7 Å². The lowest BCUT2D eigenvalue weighted by molar-refractivity contribution is -0.135. The molecule has 0 radical (unpaired) electrons. The van der Waals surface area contributed by atoms with Crippen LogP contribution in [-0.2, 0) is 14.3 Å². The maximum Gasteiger partial charge on any atom is 0.331 e. The first-order valence-electron chi connectivity index (χ1n) is 6.18. The Labute approximate surface area is 125 Å². The van der Waals surface area contributed by atoms with Crippen molar-refractivity contribution >= 4 is 34.5 Å². The summed E-state index contributed by atoms with van der Waals surface area (Å²) in [7, 11) is 1.24. The molecule has 0 bridgehead atoms. The second kappa shape index (κ2) is 6.53. The molecule has 1 aliphatic heterocycles. The number of hydrogen-bond donors (Lipinski definition) is 0. The number of aliphatic imine (C=N–C) groups is 1. The summed E-state index contributed by atoms with van der Waals surface area (Å²) in [5.41, 5.74) is 0.495. The van der Waals surface area contributed by atoms with Crippen LogP contribution in [0.1, 0.15) is 6.92 Å². The lowest BCUT2D eigenvalue weighted by Crippen LogP contribution is -2.29. The number of anilines is 1. The molecule has 0 aliphatic carbocycles. The summed E-state index contributed by atoms with van der Waals surface area (Å²) in [6, 6.07) is 5.50. The standard InChI is InChI=1S/C14H13FN2O3S/c1-3-16-14-17(10-6-4-9(15)5-7-10)13(19)11(21-14)8-12(18)20-2/h4-8H,3H2,1-2H3. The predicted molar refractivity (Wildman–Crippen MR) is 79.6 cm³/mol. The molecule has 0 spiro atoms. The van der Waals surface area contributed by atoms with Gasteiger partial charge in [-0.25, -0.2) is 9.18 Å². The van der Waals surface area contributed by atoms with Crippen LogP contribution in [-0.4, -0.2) is 30.7 Å². The Morgan fingerprint density at radius 1 is 1.43 bits per heavy atom. The molecule has 0 unspecified atom stereocenters. The SMILES string of the molecule is CCN=C1SC(=CC(=O)OC)C(=O)N1c1ccc(F)cc1. The molecule has 110 valence electrons. The van der Waals surface area contributed by atoms with Crippen LogP contribution in [0.5, 0.6) is 0 Å². The summed E-state index contributed by atoms with van der Waals surface area (Å²) in [5, 5.41) is 0.448. The highest BCUT2D eigenvalue weighted by molar-refractivity contribution is 8.19. The quantitative estimate of drug-likeness (QED) is 0.635. The van der Waals surface area contributed by atoms with Crippen molar-refractivity contribution in [2.24, 2.45) is 4.99 Å². The van der Waals surface area contributed by atoms with Crippen LogP contribution >= 0.6 is 11.8 Å². The van der Waals surface area contributed by atoms with Gasteiger partial charge in [0.1, 0.15) is 5.82 Å². The van der Waals surface area contributed by atoms with Crippen LogP contribution in [0.15, 0.2) is 40.2 Å². The number of amidine groups is 1. The first-order valence-corrected chi connectivity index (χ1v) is 7.00. The van der Waals surface area contributed by atoms with Crippen LogP contribution in [0.25, 0.3) is 0 Å². The van der Waals surface area contributed by atoms with E-state index < -0.39 is 11.8 Å². The third-order valence-electron chi connectivity index (χ3n) is 2.63. The Balaban J connectivity index is 2.40. The largest absolute Gasteiger partial charge is 0.466 e. The summed E-state index contributed by atoms with van der Waals surface area (Å²) in [6.45, 7) is 2.32. The van der Waals surface area contributed by atoms with Gasteiger partial charge in [0.15, 0.2) is 5.17 Å². The summed E-state index contributed by atoms with van der Waals surface area (Å²) in [6.07, 6.45) is 1.13. The minimum Gasteiger partial charge on any atom is -0.466 e. The minimum absolute atomic E-state index is 0.221. The molecule has 7 heteroatoms. The van der Waals surface area contributed by atoms with Gasteiger partial charge in [0.25, 0.3) is 5.91 Å². The fraction of sp³-hybridized carbons (Fsp3) is 0.214. The van der Waals surface area contributed by atoms with E-state index in [1.807, 2.05) is 6.92 Å². The van der Waals surface area contributed by atoms with E-state index in [1.54, 1.807) is 0 Å². The van der Waals surface area contributed by atoms with Gasteiger partial charge >= 0.3 is 5.97 Å². The van der Waals surface area contributed by atoms with Gasteiger partial charge in [-0.15, -0.1) is 0 Å². The van der Waals surface area contributed by atoms with Crippen LogP contribution in [0, 0.1) is 5.82 Å². The normalized spacial score (nSPS) is 18.6. The van der Waals surface area contributed by atoms with Gasteiger partial charge in [-0.2, -0.15) is 0 Å². The van der Waals surface area contributed by atoms with Gasteiger partial charge in [-0.3, -0.25) is 14.7 Å². The van der Waals surface area contributed by atoms with Crippen LogP contribution in [0.2, 0.25) is 0 Å². The van der Waals surface area contributed by atoms with Crippen molar-refractivity contribution in [1.82, 2.24) is 0 Å². The fourth-order valence-electron chi connectivity index (χ4n) is 1.70. The van der Waals surface area contributed by atoms with E-state index in [-0.39, 0.29) is 10.8 Å². The molecule has 1 saturated heterocycles. The van der Waals surface area contributed by atoms with E-state index in [0.717, 1.165) is 17.8 Å². The number of hydrogen-bond acceptors (Lipinski definition) is 5. The molecule has 1 heterocycles. The van der Waals surface area contributed by atoms with Gasteiger partial charge in [-0.05, 0) is 43.0 Å². The number of thioether (sulfide) groups is 1. The van der Waals surface area contributed by atoms with E-state index >= 15 is 0 Å². The molecule has 5 nitrogen and oxygen atoms in total. The zero-order chi connectivity index (χ0) is 15.4. The van der Waals surface area contributed by atoms with Crippen molar-refractivity contribution in [1.29, 1.82) is 0 Å². The van der Waals surface area contributed by atoms with Gasteiger partial charge < -0.3 is 4.74 Å². The Kier molecular flexibility index (Phi) is 4.74. The van der Waals surface area contributed by atoms with E-state index in [4.69, 9.17) is 0 Å². The monoisotopic (exact) mass is 308 g/mol. The lowest BCUT2D eigenvalue weighted by atomic mass is 10.3. The second-order valence-electron chi connectivity index (χ2n) is 4.01. The second-order valence-corrected chi connectivity index (χ2v) is 5.02. The molecular weight excluding hydrogens is 295 g/mol. The predicted octanol–water partition coefficient (Wildman–Crippen LogP) is 2.34. The Bertz CT molecular complexity index is 626. The number of benzene rings is 1. The Morgan fingerprint density at radius 3 is 2.67 bits per heavy atom. The number of carbonyl (C=O) groups excluding carboxylic acids is 2. The third kappa shape index (κ3) is 3.30. The summed E-state index contributed by atoms with van der Waals surface area (Å²) in [4.78, 5) is 29.5. The number of nitrogens with zero attached hydrogens (tertiary/aromatic N) is 2. The molecule has 21 heavy (non-hydrogen) atoms. The average molecular weight is 308 g/mol. The zero-order valence-electron chi connectivity index (χ0n) is 11.5. The molecule has 0 aromatic heterocycles. The summed E-state index contributed by atoms with van der Waals surface area (Å²) in [5.74, 6) is -1.38. The summed E-state index contributed by atoms with van der Waals surface area (Å²) < 4.78 is 17.5. The van der Waals surface area contributed by atoms with E-state index in [1.165, 1.54) is 36.3 Å². The van der Waals surface area contributed by atoms with Gasteiger partial charge in [-0.1, -0.05) is 0 Å². The number of carbonyl (C=O) groups is 2. The fourth-order valence-corrected chi connectivity index (χ4v) is 2.70. The minimum atomic E-state index is -0.609. The Hall–Kier alpha value is -2.15. The molecule has 0 atom stereocenters. The number of halogens is 1. The zero-order valence-corrected chi connectivity index (χ0v) is 12.3. The molecule has 1 amide bonds. The number of ether oxygens (including phenoxy) is 1. The van der Waals surface area contributed by atoms with E-state index in [0.29, 0.717) is 17.4 Å². The first kappa shape index (κ1) is 15.2. The molecule has 1 aromatic rings. The van der Waals surface area contributed by atoms with Gasteiger partial charge in [0, 0.05) is 12.6 Å². The van der Waals surface area contributed by atoms with E-state index in [2.05, 4.69) is 9.73 Å². The maximum atomic E-state index is 13.0. The van der Waals surface area contributed by atoms with Crippen molar-refractivity contribution in [3.63, 3.8) is 0 Å². The highest BCUT2D eigenvalue weighted by atomic mass is 32.2. The number of methoxy groups -OCH3 is 1. The Morgan fingerprint density at radius 2 is 2.10 bits per heavy atom. The first-order chi connectivity index (χ1) is 10.1. The molecule has 2 rings (SSSR count). The highest BCUT2D eigenvalue weighted by Gasteiger charge is 2.35. The summed E-state index contributed by atoms with van der Waals surface area (Å²) >= 11 is 1.09. The molecule has 0 N–H and O–H groups in total. The van der Waals surface area contributed by atoms with Crippen LogP contribution < -0.4 is 4.90 Å². The number of amides is 1. The van der Waals surface area contributed by atoms with Crippen LogP contribution in [0.4, 0.5) is 10.1 Å². The number of rotatable bonds is 3. The molecule has 1 aromatic carbocycles. The van der Waals surface area contributed by atoms with Crippen molar-refractivity contribution in [3.05, 3.63) is 41.1 Å².